The second kappa shape index (κ2) is 4.43. The number of hydrogen-bond acceptors (Lipinski definition) is 4. The molecule has 5 heteroatoms. The summed E-state index contributed by atoms with van der Waals surface area (Å²) in [5, 5.41) is 2.76. The second-order valence-electron chi connectivity index (χ2n) is 3.94. The maximum Gasteiger partial charge on any atom is 0.159 e. The van der Waals surface area contributed by atoms with Gasteiger partial charge in [-0.2, -0.15) is 0 Å². The van der Waals surface area contributed by atoms with Gasteiger partial charge in [-0.25, -0.2) is 8.42 Å². The lowest BCUT2D eigenvalue weighted by Crippen LogP contribution is -2.51. The smallest absolute Gasteiger partial charge is 0.159 e. The Morgan fingerprint density at radius 2 is 1.94 bits per heavy atom. The molecular formula is C11H15NO3S. The molecule has 1 N–H and O–H groups in total. The van der Waals surface area contributed by atoms with E-state index in [1.807, 2.05) is 0 Å². The first-order chi connectivity index (χ1) is 7.62. The Balaban J connectivity index is 2.08. The molecule has 88 valence electrons. The molecule has 1 aliphatic heterocycles. The largest absolute Gasteiger partial charge is 0.497 e. The van der Waals surface area contributed by atoms with E-state index in [0.29, 0.717) is 13.1 Å². The molecule has 0 bridgehead atoms. The van der Waals surface area contributed by atoms with Crippen LogP contribution in [0.25, 0.3) is 0 Å². The average molecular weight is 241 g/mol. The highest BCUT2D eigenvalue weighted by atomic mass is 32.2. The highest BCUT2D eigenvalue weighted by Crippen LogP contribution is 2.17. The van der Waals surface area contributed by atoms with E-state index in [9.17, 15) is 8.42 Å². The van der Waals surface area contributed by atoms with E-state index in [4.69, 9.17) is 4.74 Å². The quantitative estimate of drug-likeness (QED) is 0.838. The first kappa shape index (κ1) is 11.4. The van der Waals surface area contributed by atoms with E-state index in [-0.39, 0.29) is 11.0 Å². The summed E-state index contributed by atoms with van der Waals surface area (Å²) in [6.45, 7) is 1.16. The lowest BCUT2D eigenvalue weighted by atomic mass is 10.2. The zero-order valence-corrected chi connectivity index (χ0v) is 9.96. The van der Waals surface area contributed by atoms with Gasteiger partial charge < -0.3 is 10.1 Å². The third kappa shape index (κ3) is 2.36. The van der Waals surface area contributed by atoms with Gasteiger partial charge in [0.15, 0.2) is 9.84 Å². The highest BCUT2D eigenvalue weighted by molar-refractivity contribution is 7.91. The van der Waals surface area contributed by atoms with Gasteiger partial charge in [-0.3, -0.25) is 0 Å². The Labute approximate surface area is 95.5 Å². The lowest BCUT2D eigenvalue weighted by Gasteiger charge is -2.26. The Kier molecular flexibility index (Phi) is 3.16. The SMILES string of the molecule is COc1ccc(CS(=O)(=O)C2CNC2)cc1. The van der Waals surface area contributed by atoms with Gasteiger partial charge in [0.25, 0.3) is 0 Å². The van der Waals surface area contributed by atoms with Gasteiger partial charge in [-0.05, 0) is 17.7 Å². The monoisotopic (exact) mass is 241 g/mol. The van der Waals surface area contributed by atoms with Crippen molar-refractivity contribution in [1.29, 1.82) is 0 Å². The van der Waals surface area contributed by atoms with Gasteiger partial charge in [0.05, 0.1) is 18.1 Å². The van der Waals surface area contributed by atoms with Crippen LogP contribution in [0, 0.1) is 0 Å². The lowest BCUT2D eigenvalue weighted by molar-refractivity contribution is 0.414. The minimum Gasteiger partial charge on any atom is -0.497 e. The van der Waals surface area contributed by atoms with Crippen molar-refractivity contribution in [2.75, 3.05) is 20.2 Å². The van der Waals surface area contributed by atoms with Gasteiger partial charge in [-0.15, -0.1) is 0 Å². The predicted octanol–water partition coefficient (Wildman–Crippen LogP) is 0.582. The number of sulfone groups is 1. The maximum atomic E-state index is 11.9. The van der Waals surface area contributed by atoms with Crippen molar-refractivity contribution in [3.8, 4) is 5.75 Å². The van der Waals surface area contributed by atoms with E-state index in [0.717, 1.165) is 11.3 Å². The fourth-order valence-corrected chi connectivity index (χ4v) is 3.22. The van der Waals surface area contributed by atoms with Crippen LogP contribution in [0.2, 0.25) is 0 Å². The number of hydrogen-bond donors (Lipinski definition) is 1. The third-order valence-corrected chi connectivity index (χ3v) is 4.86. The molecule has 1 fully saturated rings. The molecule has 0 unspecified atom stereocenters. The average Bonchev–Trinajstić information content (AvgIpc) is 2.14. The summed E-state index contributed by atoms with van der Waals surface area (Å²) in [5.74, 6) is 0.857. The van der Waals surface area contributed by atoms with E-state index in [1.165, 1.54) is 0 Å². The Morgan fingerprint density at radius 1 is 1.31 bits per heavy atom. The van der Waals surface area contributed by atoms with Crippen LogP contribution >= 0.6 is 0 Å². The Morgan fingerprint density at radius 3 is 2.38 bits per heavy atom. The van der Waals surface area contributed by atoms with Gasteiger partial charge in [0.2, 0.25) is 0 Å². The summed E-state index contributed by atoms with van der Waals surface area (Å²) in [4.78, 5) is 0. The fraction of sp³-hybridized carbons (Fsp3) is 0.455. The number of ether oxygens (including phenoxy) is 1. The van der Waals surface area contributed by atoms with Crippen molar-refractivity contribution in [2.24, 2.45) is 0 Å². The molecule has 1 aliphatic rings. The topological polar surface area (TPSA) is 55.4 Å². The molecule has 0 aliphatic carbocycles. The second-order valence-corrected chi connectivity index (χ2v) is 6.22. The number of rotatable bonds is 4. The Hall–Kier alpha value is -1.07. The standard InChI is InChI=1S/C11H15NO3S/c1-15-10-4-2-9(3-5-10)8-16(13,14)11-6-12-7-11/h2-5,11-12H,6-8H2,1H3. The summed E-state index contributed by atoms with van der Waals surface area (Å²) in [6, 6.07) is 7.15. The number of methoxy groups -OCH3 is 1. The minimum absolute atomic E-state index is 0.114. The molecule has 16 heavy (non-hydrogen) atoms. The van der Waals surface area contributed by atoms with Crippen molar-refractivity contribution >= 4 is 9.84 Å². The molecule has 0 spiro atoms. The maximum absolute atomic E-state index is 11.9. The van der Waals surface area contributed by atoms with Crippen LogP contribution in [0.3, 0.4) is 0 Å². The first-order valence-corrected chi connectivity index (χ1v) is 6.88. The molecule has 0 amide bonds. The molecular weight excluding hydrogens is 226 g/mol. The first-order valence-electron chi connectivity index (χ1n) is 5.17. The summed E-state index contributed by atoms with van der Waals surface area (Å²) < 4.78 is 28.8. The summed E-state index contributed by atoms with van der Waals surface area (Å²) >= 11 is 0. The van der Waals surface area contributed by atoms with Gasteiger partial charge in [0.1, 0.15) is 5.75 Å². The van der Waals surface area contributed by atoms with Crippen molar-refractivity contribution in [3.63, 3.8) is 0 Å². The molecule has 1 heterocycles. The molecule has 0 saturated carbocycles. The molecule has 2 rings (SSSR count). The van der Waals surface area contributed by atoms with Crippen LogP contribution in [-0.4, -0.2) is 33.9 Å². The summed E-state index contributed by atoms with van der Waals surface area (Å²) in [7, 11) is -1.41. The van der Waals surface area contributed by atoms with Gasteiger partial charge >= 0.3 is 0 Å². The van der Waals surface area contributed by atoms with Crippen LogP contribution in [0.1, 0.15) is 5.56 Å². The van der Waals surface area contributed by atoms with Crippen molar-refractivity contribution < 1.29 is 13.2 Å². The van der Waals surface area contributed by atoms with Crippen LogP contribution in [0.4, 0.5) is 0 Å². The van der Waals surface area contributed by atoms with Crippen LogP contribution in [-0.2, 0) is 15.6 Å². The number of nitrogens with one attached hydrogen (secondary N) is 1. The van der Waals surface area contributed by atoms with E-state index >= 15 is 0 Å². The van der Waals surface area contributed by atoms with E-state index in [2.05, 4.69) is 5.32 Å². The van der Waals surface area contributed by atoms with Crippen molar-refractivity contribution in [2.45, 2.75) is 11.0 Å². The highest BCUT2D eigenvalue weighted by Gasteiger charge is 2.30. The van der Waals surface area contributed by atoms with E-state index < -0.39 is 9.84 Å². The zero-order valence-electron chi connectivity index (χ0n) is 9.14. The van der Waals surface area contributed by atoms with Crippen molar-refractivity contribution in [1.82, 2.24) is 5.32 Å². The van der Waals surface area contributed by atoms with Gasteiger partial charge in [-0.1, -0.05) is 12.1 Å². The van der Waals surface area contributed by atoms with Crippen molar-refractivity contribution in [3.05, 3.63) is 29.8 Å². The molecule has 1 aromatic rings. The minimum atomic E-state index is -3.00. The molecule has 0 atom stereocenters. The fourth-order valence-electron chi connectivity index (χ4n) is 1.59. The third-order valence-electron chi connectivity index (χ3n) is 2.78. The molecule has 1 aromatic carbocycles. The summed E-state index contributed by atoms with van der Waals surface area (Å²) in [5.41, 5.74) is 0.813. The molecule has 1 saturated heterocycles. The normalized spacial score (nSPS) is 16.8. The number of benzene rings is 1. The summed E-state index contributed by atoms with van der Waals surface area (Å²) in [6.07, 6.45) is 0. The van der Waals surface area contributed by atoms with Crippen LogP contribution in [0.15, 0.2) is 24.3 Å². The molecule has 0 radical (unpaired) electrons. The zero-order chi connectivity index (χ0) is 11.6. The molecule has 4 nitrogen and oxygen atoms in total. The predicted molar refractivity (Wildman–Crippen MR) is 62.3 cm³/mol. The van der Waals surface area contributed by atoms with Gasteiger partial charge in [0, 0.05) is 13.1 Å². The molecule has 0 aromatic heterocycles. The Bertz CT molecular complexity index is 449. The van der Waals surface area contributed by atoms with Crippen LogP contribution in [0.5, 0.6) is 5.75 Å². The van der Waals surface area contributed by atoms with Crippen LogP contribution < -0.4 is 10.1 Å². The van der Waals surface area contributed by atoms with E-state index in [1.54, 1.807) is 31.4 Å².